The summed E-state index contributed by atoms with van der Waals surface area (Å²) in [6.45, 7) is 6.81. The quantitative estimate of drug-likeness (QED) is 0.0852. The van der Waals surface area contributed by atoms with E-state index in [-0.39, 0.29) is 0 Å². The highest BCUT2D eigenvalue weighted by Gasteiger charge is 2.10. The summed E-state index contributed by atoms with van der Waals surface area (Å²) in [4.78, 5) is 12.4. The monoisotopic (exact) mass is 536 g/mol. The summed E-state index contributed by atoms with van der Waals surface area (Å²) in [6.07, 6.45) is 41.8. The largest absolute Gasteiger partial charge is 0.353 e. The molecule has 0 heterocycles. The molecule has 1 N–H and O–H groups in total. The second-order valence-electron chi connectivity index (χ2n) is 12.4. The van der Waals surface area contributed by atoms with E-state index in [1.165, 1.54) is 180 Å². The third kappa shape index (κ3) is 30.0. The molecule has 0 rings (SSSR count). The zero-order chi connectivity index (χ0) is 27.8. The molecule has 0 aromatic heterocycles. The highest BCUT2D eigenvalue weighted by Crippen LogP contribution is 2.15. The summed E-state index contributed by atoms with van der Waals surface area (Å²) in [7, 11) is 0. The molecule has 0 radical (unpaired) electrons. The second kappa shape index (κ2) is 32.7. The van der Waals surface area contributed by atoms with Gasteiger partial charge in [0.25, 0.3) is 0 Å². The lowest BCUT2D eigenvalue weighted by Crippen LogP contribution is -2.34. The summed E-state index contributed by atoms with van der Waals surface area (Å²) < 4.78 is 0. The summed E-state index contributed by atoms with van der Waals surface area (Å²) in [6, 6.07) is 0.395. The number of amides is 1. The fourth-order valence-electron chi connectivity index (χ4n) is 5.74. The van der Waals surface area contributed by atoms with Crippen LogP contribution in [0.2, 0.25) is 0 Å². The summed E-state index contributed by atoms with van der Waals surface area (Å²) in [5.41, 5.74) is 0. The number of unbranched alkanes of at least 4 members (excludes halogenated alkanes) is 26. The van der Waals surface area contributed by atoms with E-state index in [0.717, 1.165) is 19.3 Å². The highest BCUT2D eigenvalue weighted by molar-refractivity contribution is 5.76. The molecule has 2 heteroatoms. The molecule has 0 fully saturated rings. The summed E-state index contributed by atoms with van der Waals surface area (Å²) >= 11 is 0. The van der Waals surface area contributed by atoms with Gasteiger partial charge in [0.2, 0.25) is 5.91 Å². The van der Waals surface area contributed by atoms with Gasteiger partial charge in [-0.05, 0) is 19.3 Å². The van der Waals surface area contributed by atoms with E-state index >= 15 is 0 Å². The number of hydrogen-bond acceptors (Lipinski definition) is 1. The predicted octanol–water partition coefficient (Wildman–Crippen LogP) is 12.6. The average molecular weight is 536 g/mol. The number of carbonyl (C=O) groups excluding carboxylic acids is 1. The van der Waals surface area contributed by atoms with Crippen molar-refractivity contribution in [3.63, 3.8) is 0 Å². The zero-order valence-electron chi connectivity index (χ0n) is 26.9. The Hall–Kier alpha value is -0.530. The number of hydrogen-bond donors (Lipinski definition) is 1. The first kappa shape index (κ1) is 37.5. The van der Waals surface area contributed by atoms with E-state index in [2.05, 4.69) is 26.1 Å². The smallest absolute Gasteiger partial charge is 0.220 e. The molecule has 0 aromatic rings. The third-order valence-electron chi connectivity index (χ3n) is 8.52. The molecular formula is C36H73NO. The van der Waals surface area contributed by atoms with Crippen LogP contribution in [0.4, 0.5) is 0 Å². The molecule has 0 aliphatic rings. The molecule has 2 nitrogen and oxygen atoms in total. The number of carbonyl (C=O) groups is 1. The Labute approximate surface area is 241 Å². The summed E-state index contributed by atoms with van der Waals surface area (Å²) in [5.74, 6) is 0.293. The van der Waals surface area contributed by atoms with Crippen LogP contribution in [-0.2, 0) is 4.79 Å². The van der Waals surface area contributed by atoms with Crippen molar-refractivity contribution in [3.8, 4) is 0 Å². The summed E-state index contributed by atoms with van der Waals surface area (Å²) in [5, 5.41) is 3.32. The molecule has 0 aliphatic heterocycles. The van der Waals surface area contributed by atoms with Crippen molar-refractivity contribution in [3.05, 3.63) is 0 Å². The van der Waals surface area contributed by atoms with E-state index < -0.39 is 0 Å². The zero-order valence-corrected chi connectivity index (χ0v) is 26.9. The van der Waals surface area contributed by atoms with E-state index in [1.54, 1.807) is 0 Å². The first-order valence-corrected chi connectivity index (χ1v) is 18.0. The highest BCUT2D eigenvalue weighted by atomic mass is 16.1. The molecular weight excluding hydrogens is 462 g/mol. The standard InChI is InChI=1S/C36H73NO/c1-4-7-9-11-13-15-17-19-20-22-24-26-28-30-32-34-36(38)37-35(6-3)33-31-29-27-25-23-21-18-16-14-12-10-8-5-2/h35H,4-34H2,1-3H3,(H,37,38). The minimum atomic E-state index is 0.293. The normalized spacial score (nSPS) is 12.2. The molecule has 1 atom stereocenters. The Kier molecular flexibility index (Phi) is 32.2. The lowest BCUT2D eigenvalue weighted by Gasteiger charge is -2.17. The van der Waals surface area contributed by atoms with Gasteiger partial charge in [0.1, 0.15) is 0 Å². The lowest BCUT2D eigenvalue weighted by atomic mass is 10.0. The van der Waals surface area contributed by atoms with Crippen LogP contribution in [0.25, 0.3) is 0 Å². The Balaban J connectivity index is 3.39. The lowest BCUT2D eigenvalue weighted by molar-refractivity contribution is -0.122. The maximum Gasteiger partial charge on any atom is 0.220 e. The molecule has 0 saturated heterocycles. The van der Waals surface area contributed by atoms with Gasteiger partial charge in [0, 0.05) is 12.5 Å². The van der Waals surface area contributed by atoms with Crippen molar-refractivity contribution < 1.29 is 4.79 Å². The van der Waals surface area contributed by atoms with E-state index in [1.807, 2.05) is 0 Å². The molecule has 1 amide bonds. The third-order valence-corrected chi connectivity index (χ3v) is 8.52. The Bertz CT molecular complexity index is 449. The maximum absolute atomic E-state index is 12.4. The number of nitrogens with one attached hydrogen (secondary N) is 1. The topological polar surface area (TPSA) is 29.1 Å². The molecule has 38 heavy (non-hydrogen) atoms. The van der Waals surface area contributed by atoms with Gasteiger partial charge < -0.3 is 5.32 Å². The van der Waals surface area contributed by atoms with E-state index in [9.17, 15) is 4.79 Å². The Morgan fingerprint density at radius 2 is 0.711 bits per heavy atom. The van der Waals surface area contributed by atoms with Crippen LogP contribution in [0.5, 0.6) is 0 Å². The van der Waals surface area contributed by atoms with Gasteiger partial charge in [-0.2, -0.15) is 0 Å². The molecule has 0 spiro atoms. The van der Waals surface area contributed by atoms with Crippen molar-refractivity contribution in [2.75, 3.05) is 0 Å². The molecule has 0 saturated carbocycles. The van der Waals surface area contributed by atoms with Crippen LogP contribution in [-0.4, -0.2) is 11.9 Å². The fourth-order valence-corrected chi connectivity index (χ4v) is 5.74. The average Bonchev–Trinajstić information content (AvgIpc) is 2.92. The van der Waals surface area contributed by atoms with Gasteiger partial charge in [-0.25, -0.2) is 0 Å². The van der Waals surface area contributed by atoms with Crippen molar-refractivity contribution in [1.82, 2.24) is 5.32 Å². The molecule has 1 unspecified atom stereocenters. The molecule has 0 bridgehead atoms. The fraction of sp³-hybridized carbons (Fsp3) is 0.972. The Morgan fingerprint density at radius 3 is 1.03 bits per heavy atom. The van der Waals surface area contributed by atoms with Crippen molar-refractivity contribution in [2.45, 2.75) is 226 Å². The van der Waals surface area contributed by atoms with Gasteiger partial charge in [-0.1, -0.05) is 194 Å². The minimum absolute atomic E-state index is 0.293. The van der Waals surface area contributed by atoms with Crippen molar-refractivity contribution >= 4 is 5.91 Å². The van der Waals surface area contributed by atoms with Crippen LogP contribution in [0.1, 0.15) is 220 Å². The Morgan fingerprint density at radius 1 is 0.421 bits per heavy atom. The SMILES string of the molecule is CCCCCCCCCCCCCCCCCC(=O)NC(CC)CCCCCCCCCCCCCCC. The van der Waals surface area contributed by atoms with Crippen LogP contribution >= 0.6 is 0 Å². The second-order valence-corrected chi connectivity index (χ2v) is 12.4. The van der Waals surface area contributed by atoms with E-state index in [0.29, 0.717) is 11.9 Å². The first-order chi connectivity index (χ1) is 18.7. The minimum Gasteiger partial charge on any atom is -0.353 e. The van der Waals surface area contributed by atoms with Gasteiger partial charge in [0.05, 0.1) is 0 Å². The molecule has 0 aromatic carbocycles. The van der Waals surface area contributed by atoms with Gasteiger partial charge in [0.15, 0.2) is 0 Å². The van der Waals surface area contributed by atoms with Crippen LogP contribution in [0.3, 0.4) is 0 Å². The van der Waals surface area contributed by atoms with Crippen molar-refractivity contribution in [2.24, 2.45) is 0 Å². The number of rotatable bonds is 32. The van der Waals surface area contributed by atoms with Crippen LogP contribution in [0.15, 0.2) is 0 Å². The van der Waals surface area contributed by atoms with Crippen LogP contribution in [0, 0.1) is 0 Å². The predicted molar refractivity (Wildman–Crippen MR) is 172 cm³/mol. The molecule has 0 aliphatic carbocycles. The van der Waals surface area contributed by atoms with Gasteiger partial charge in [-0.15, -0.1) is 0 Å². The van der Waals surface area contributed by atoms with Crippen molar-refractivity contribution in [1.29, 1.82) is 0 Å². The van der Waals surface area contributed by atoms with Crippen LogP contribution < -0.4 is 5.32 Å². The first-order valence-electron chi connectivity index (χ1n) is 18.0. The maximum atomic E-state index is 12.4. The van der Waals surface area contributed by atoms with E-state index in [4.69, 9.17) is 0 Å². The van der Waals surface area contributed by atoms with Gasteiger partial charge >= 0.3 is 0 Å². The van der Waals surface area contributed by atoms with Gasteiger partial charge in [-0.3, -0.25) is 4.79 Å². The molecule has 228 valence electrons.